The van der Waals surface area contributed by atoms with E-state index in [1.54, 1.807) is 30.3 Å². The van der Waals surface area contributed by atoms with E-state index in [4.69, 9.17) is 4.74 Å². The molecule has 1 aliphatic rings. The molecule has 4 aromatic rings. The van der Waals surface area contributed by atoms with E-state index >= 15 is 0 Å². The van der Waals surface area contributed by atoms with E-state index < -0.39 is 41.0 Å². The third kappa shape index (κ3) is 7.78. The average molecular weight is 661 g/mol. The highest BCUT2D eigenvalue weighted by molar-refractivity contribution is 6.10. The van der Waals surface area contributed by atoms with Gasteiger partial charge in [0.05, 0.1) is 11.5 Å². The van der Waals surface area contributed by atoms with Gasteiger partial charge in [-0.05, 0) is 103 Å². The van der Waals surface area contributed by atoms with Crippen LogP contribution in [0, 0.1) is 39.5 Å². The largest absolute Gasteiger partial charge is 0.489 e. The molecular formula is C42H48N2O5. The number of ether oxygens (including phenoxy) is 1. The molecule has 49 heavy (non-hydrogen) atoms. The van der Waals surface area contributed by atoms with Gasteiger partial charge in [-0.25, -0.2) is 0 Å². The summed E-state index contributed by atoms with van der Waals surface area (Å²) < 4.78 is 6.10. The number of carbonyl (C=O) groups is 3. The van der Waals surface area contributed by atoms with Crippen LogP contribution >= 0.6 is 0 Å². The SMILES string of the molecule is Cc1cccc(NC(=O)C2C(=O)CC(C)(O)C(C(=O)Nc3cccc(C)c3C)C2c2ccc(OCc3ccc(C(C)(C)C)cc3)cc2)c1C. The zero-order valence-electron chi connectivity index (χ0n) is 29.8. The van der Waals surface area contributed by atoms with Gasteiger partial charge in [-0.15, -0.1) is 0 Å². The number of nitrogens with one attached hydrogen (secondary N) is 2. The maximum atomic E-state index is 14.2. The first kappa shape index (κ1) is 35.6. The molecule has 0 radical (unpaired) electrons. The number of amides is 2. The van der Waals surface area contributed by atoms with Gasteiger partial charge in [0.15, 0.2) is 0 Å². The first-order valence-corrected chi connectivity index (χ1v) is 16.9. The van der Waals surface area contributed by atoms with Crippen LogP contribution in [0.5, 0.6) is 5.75 Å². The zero-order valence-corrected chi connectivity index (χ0v) is 29.8. The van der Waals surface area contributed by atoms with E-state index in [-0.39, 0.29) is 11.8 Å². The molecule has 5 rings (SSSR count). The van der Waals surface area contributed by atoms with Crippen molar-refractivity contribution < 1.29 is 24.2 Å². The van der Waals surface area contributed by atoms with E-state index in [1.165, 1.54) is 12.5 Å². The first-order valence-electron chi connectivity index (χ1n) is 16.9. The molecule has 1 fully saturated rings. The van der Waals surface area contributed by atoms with Crippen molar-refractivity contribution >= 4 is 29.0 Å². The van der Waals surface area contributed by atoms with Crippen LogP contribution in [0.1, 0.15) is 79.0 Å². The van der Waals surface area contributed by atoms with Gasteiger partial charge in [-0.3, -0.25) is 14.4 Å². The number of aliphatic hydroxyl groups is 1. The highest BCUT2D eigenvalue weighted by Gasteiger charge is 2.56. The number of rotatable bonds is 8. The van der Waals surface area contributed by atoms with Crippen LogP contribution in [0.25, 0.3) is 0 Å². The molecule has 0 saturated heterocycles. The lowest BCUT2D eigenvalue weighted by molar-refractivity contribution is -0.150. The molecule has 0 aromatic heterocycles. The Balaban J connectivity index is 1.49. The average Bonchev–Trinajstić information content (AvgIpc) is 3.03. The molecule has 0 bridgehead atoms. The van der Waals surface area contributed by atoms with Gasteiger partial charge in [0.25, 0.3) is 0 Å². The standard InChI is InChI=1S/C42H48N2O5/c1-25-11-9-13-33(27(25)3)43-39(46)37-35(45)23-42(8,48)38(40(47)44-34-14-10-12-26(2)28(34)4)36(37)30-17-21-32(22-18-30)49-24-29-15-19-31(20-16-29)41(5,6)7/h9-22,36-38,48H,23-24H2,1-8H3,(H,43,46)(H,44,47). The number of carbonyl (C=O) groups excluding carboxylic acids is 3. The van der Waals surface area contributed by atoms with Crippen molar-refractivity contribution in [3.05, 3.63) is 124 Å². The lowest BCUT2D eigenvalue weighted by Gasteiger charge is -2.44. The molecule has 7 nitrogen and oxygen atoms in total. The van der Waals surface area contributed by atoms with Crippen molar-refractivity contribution in [2.45, 2.75) is 85.4 Å². The van der Waals surface area contributed by atoms with Crippen LogP contribution in [0.4, 0.5) is 11.4 Å². The van der Waals surface area contributed by atoms with Gasteiger partial charge in [-0.2, -0.15) is 0 Å². The summed E-state index contributed by atoms with van der Waals surface area (Å²) in [6, 6.07) is 26.7. The van der Waals surface area contributed by atoms with Crippen molar-refractivity contribution in [1.29, 1.82) is 0 Å². The van der Waals surface area contributed by atoms with Gasteiger partial charge in [-0.1, -0.05) is 81.4 Å². The summed E-state index contributed by atoms with van der Waals surface area (Å²) in [4.78, 5) is 42.2. The summed E-state index contributed by atoms with van der Waals surface area (Å²) in [5.41, 5.74) is 6.21. The van der Waals surface area contributed by atoms with Crippen molar-refractivity contribution in [2.24, 2.45) is 11.8 Å². The number of benzene rings is 4. The summed E-state index contributed by atoms with van der Waals surface area (Å²) in [7, 11) is 0. The molecule has 7 heteroatoms. The Hall–Kier alpha value is -4.75. The topological polar surface area (TPSA) is 105 Å². The first-order chi connectivity index (χ1) is 23.1. The fourth-order valence-electron chi connectivity index (χ4n) is 6.74. The van der Waals surface area contributed by atoms with E-state index in [1.807, 2.05) is 58.0 Å². The molecule has 3 N–H and O–H groups in total. The molecule has 0 spiro atoms. The van der Waals surface area contributed by atoms with E-state index in [2.05, 4.69) is 55.7 Å². The Morgan fingerprint density at radius 2 is 1.33 bits per heavy atom. The molecule has 1 aliphatic carbocycles. The van der Waals surface area contributed by atoms with E-state index in [0.717, 1.165) is 27.8 Å². The van der Waals surface area contributed by atoms with E-state index in [0.29, 0.717) is 29.3 Å². The number of anilines is 2. The van der Waals surface area contributed by atoms with Gasteiger partial charge in [0, 0.05) is 23.7 Å². The summed E-state index contributed by atoms with van der Waals surface area (Å²) in [5, 5.41) is 17.8. The molecular weight excluding hydrogens is 612 g/mol. The van der Waals surface area contributed by atoms with Crippen molar-refractivity contribution in [3.8, 4) is 5.75 Å². The summed E-state index contributed by atoms with van der Waals surface area (Å²) in [6.07, 6.45) is -0.339. The highest BCUT2D eigenvalue weighted by Crippen LogP contribution is 2.47. The Bertz CT molecular complexity index is 1850. The maximum absolute atomic E-state index is 14.2. The molecule has 0 heterocycles. The Morgan fingerprint density at radius 1 is 0.796 bits per heavy atom. The van der Waals surface area contributed by atoms with Crippen molar-refractivity contribution in [2.75, 3.05) is 10.6 Å². The molecule has 1 saturated carbocycles. The monoisotopic (exact) mass is 660 g/mol. The lowest BCUT2D eigenvalue weighted by atomic mass is 9.61. The third-order valence-corrected chi connectivity index (χ3v) is 10.0. The van der Waals surface area contributed by atoms with Crippen molar-refractivity contribution in [1.82, 2.24) is 0 Å². The lowest BCUT2D eigenvalue weighted by Crippen LogP contribution is -2.56. The third-order valence-electron chi connectivity index (χ3n) is 10.0. The number of ketones is 1. The minimum atomic E-state index is -1.71. The predicted molar refractivity (Wildman–Crippen MR) is 195 cm³/mol. The summed E-state index contributed by atoms with van der Waals surface area (Å²) in [5.74, 6) is -4.08. The van der Waals surface area contributed by atoms with Crippen LogP contribution in [0.2, 0.25) is 0 Å². The fourth-order valence-corrected chi connectivity index (χ4v) is 6.74. The second kappa shape index (κ2) is 14.0. The second-order valence-electron chi connectivity index (χ2n) is 14.8. The Morgan fingerprint density at radius 3 is 1.86 bits per heavy atom. The molecule has 4 aromatic carbocycles. The van der Waals surface area contributed by atoms with Gasteiger partial charge >= 0.3 is 0 Å². The highest BCUT2D eigenvalue weighted by atomic mass is 16.5. The quantitative estimate of drug-likeness (QED) is 0.166. The van der Waals surface area contributed by atoms with Gasteiger partial charge < -0.3 is 20.5 Å². The second-order valence-corrected chi connectivity index (χ2v) is 14.8. The number of hydrogen-bond donors (Lipinski definition) is 3. The molecule has 0 aliphatic heterocycles. The van der Waals surface area contributed by atoms with Crippen LogP contribution in [0.15, 0.2) is 84.9 Å². The van der Waals surface area contributed by atoms with Crippen LogP contribution < -0.4 is 15.4 Å². The minimum Gasteiger partial charge on any atom is -0.489 e. The minimum absolute atomic E-state index is 0.0572. The van der Waals surface area contributed by atoms with Crippen molar-refractivity contribution in [3.63, 3.8) is 0 Å². The van der Waals surface area contributed by atoms with Gasteiger partial charge in [0.1, 0.15) is 24.1 Å². The maximum Gasteiger partial charge on any atom is 0.235 e. The van der Waals surface area contributed by atoms with Crippen LogP contribution in [-0.2, 0) is 26.4 Å². The predicted octanol–water partition coefficient (Wildman–Crippen LogP) is 8.11. The molecule has 256 valence electrons. The normalized spacial score (nSPS) is 20.8. The molecule has 2 amide bonds. The number of Topliss-reactive ketones (excluding diaryl/α,β-unsaturated/α-hetero) is 1. The van der Waals surface area contributed by atoms with Crippen LogP contribution in [0.3, 0.4) is 0 Å². The summed E-state index contributed by atoms with van der Waals surface area (Å²) in [6.45, 7) is 16.1. The molecule has 4 atom stereocenters. The van der Waals surface area contributed by atoms with Crippen LogP contribution in [-0.4, -0.2) is 28.3 Å². The summed E-state index contributed by atoms with van der Waals surface area (Å²) >= 11 is 0. The number of aryl methyl sites for hydroxylation is 2. The Labute approximate surface area is 290 Å². The molecule has 4 unspecified atom stereocenters. The van der Waals surface area contributed by atoms with Gasteiger partial charge in [0.2, 0.25) is 11.8 Å². The zero-order chi connectivity index (χ0) is 35.7. The number of hydrogen-bond acceptors (Lipinski definition) is 5. The Kier molecular flexibility index (Phi) is 10.2. The smallest absolute Gasteiger partial charge is 0.235 e. The fraction of sp³-hybridized carbons (Fsp3) is 0.357. The van der Waals surface area contributed by atoms with E-state index in [9.17, 15) is 19.5 Å².